The van der Waals surface area contributed by atoms with E-state index >= 15 is 0 Å². The number of carbonyl (C=O) groups excluding carboxylic acids is 1. The molecule has 0 bridgehead atoms. The van der Waals surface area contributed by atoms with Crippen LogP contribution in [0.3, 0.4) is 0 Å². The molecule has 0 atom stereocenters. The molecule has 2 heterocycles. The van der Waals surface area contributed by atoms with Crippen molar-refractivity contribution in [1.29, 1.82) is 5.26 Å². The average molecular weight is 420 g/mol. The Morgan fingerprint density at radius 2 is 1.86 bits per heavy atom. The van der Waals surface area contributed by atoms with Crippen LogP contribution in [-0.2, 0) is 11.0 Å². The Morgan fingerprint density at radius 3 is 2.48 bits per heavy atom. The van der Waals surface area contributed by atoms with E-state index in [1.165, 1.54) is 6.07 Å². The minimum Gasteiger partial charge on any atom is -0.370 e. The summed E-state index contributed by atoms with van der Waals surface area (Å²) in [5.74, 6) is 0.0771. The van der Waals surface area contributed by atoms with Gasteiger partial charge in [0.05, 0.1) is 28.0 Å². The Balaban J connectivity index is 1.52. The molecule has 1 aromatic heterocycles. The van der Waals surface area contributed by atoms with Gasteiger partial charge in [-0.3, -0.25) is 4.79 Å². The number of aromatic nitrogens is 1. The molecule has 0 radical (unpaired) electrons. The van der Waals surface area contributed by atoms with Crippen LogP contribution >= 0.6 is 11.8 Å². The summed E-state index contributed by atoms with van der Waals surface area (Å²) in [6.45, 7) is 2.69. The van der Waals surface area contributed by atoms with Crippen LogP contribution in [-0.4, -0.2) is 47.7 Å². The molecule has 0 spiro atoms. The van der Waals surface area contributed by atoms with Crippen LogP contribution in [0.15, 0.2) is 47.6 Å². The lowest BCUT2D eigenvalue weighted by atomic mass is 10.2. The van der Waals surface area contributed by atoms with Crippen molar-refractivity contribution < 1.29 is 18.0 Å². The number of hydrogen-bond donors (Lipinski definition) is 0. The fourth-order valence-electron chi connectivity index (χ4n) is 3.03. The normalized spacial score (nSPS) is 15.0. The van der Waals surface area contributed by atoms with E-state index in [4.69, 9.17) is 5.26 Å². The summed E-state index contributed by atoms with van der Waals surface area (Å²) in [6, 6.07) is 11.7. The lowest BCUT2D eigenvalue weighted by molar-refractivity contribution is -0.138. The number of thioether (sulfide) groups is 1. The zero-order valence-corrected chi connectivity index (χ0v) is 16.3. The molecule has 29 heavy (non-hydrogen) atoms. The van der Waals surface area contributed by atoms with Crippen molar-refractivity contribution in [2.45, 2.75) is 17.6 Å². The second-order valence-corrected chi connectivity index (χ2v) is 7.55. The van der Waals surface area contributed by atoms with E-state index in [-0.39, 0.29) is 11.7 Å². The van der Waals surface area contributed by atoms with Crippen molar-refractivity contribution in [3.05, 3.63) is 53.7 Å². The van der Waals surface area contributed by atoms with Crippen molar-refractivity contribution in [1.82, 2.24) is 9.88 Å². The van der Waals surface area contributed by atoms with Gasteiger partial charge in [-0.05, 0) is 42.8 Å². The first kappa shape index (κ1) is 21.0. The number of nitrogens with zero attached hydrogens (tertiary/aromatic N) is 4. The van der Waals surface area contributed by atoms with E-state index in [0.29, 0.717) is 30.2 Å². The van der Waals surface area contributed by atoms with Crippen molar-refractivity contribution >= 4 is 23.4 Å². The average Bonchev–Trinajstić information content (AvgIpc) is 2.98. The number of rotatable bonds is 4. The molecule has 5 nitrogen and oxygen atoms in total. The highest BCUT2D eigenvalue weighted by Gasteiger charge is 2.30. The second kappa shape index (κ2) is 9.18. The summed E-state index contributed by atoms with van der Waals surface area (Å²) in [5.41, 5.74) is 0.819. The number of benzene rings is 1. The molecule has 0 N–H and O–H groups in total. The van der Waals surface area contributed by atoms with Crippen LogP contribution in [0, 0.1) is 11.3 Å². The number of amides is 1. The molecule has 1 aromatic carbocycles. The lowest BCUT2D eigenvalue weighted by Crippen LogP contribution is -2.36. The molecule has 0 aliphatic carbocycles. The van der Waals surface area contributed by atoms with Crippen molar-refractivity contribution in [3.8, 4) is 6.07 Å². The molecule has 1 amide bonds. The second-order valence-electron chi connectivity index (χ2n) is 6.55. The third kappa shape index (κ3) is 5.64. The number of pyridine rings is 1. The smallest absolute Gasteiger partial charge is 0.370 e. The largest absolute Gasteiger partial charge is 0.417 e. The molecule has 1 fully saturated rings. The summed E-state index contributed by atoms with van der Waals surface area (Å²) in [7, 11) is 0. The van der Waals surface area contributed by atoms with Gasteiger partial charge in [0.15, 0.2) is 0 Å². The Morgan fingerprint density at radius 1 is 1.10 bits per heavy atom. The van der Waals surface area contributed by atoms with Gasteiger partial charge in [0.25, 0.3) is 0 Å². The van der Waals surface area contributed by atoms with E-state index in [0.717, 1.165) is 42.7 Å². The fraction of sp³-hybridized carbons (Fsp3) is 0.350. The van der Waals surface area contributed by atoms with Crippen LogP contribution in [0.2, 0.25) is 0 Å². The zero-order valence-electron chi connectivity index (χ0n) is 15.5. The van der Waals surface area contributed by atoms with Crippen LogP contribution in [0.1, 0.15) is 17.5 Å². The van der Waals surface area contributed by atoms with Crippen LogP contribution in [0.5, 0.6) is 0 Å². The summed E-state index contributed by atoms with van der Waals surface area (Å²) in [6.07, 6.45) is -2.82. The Hall–Kier alpha value is -2.73. The maximum atomic E-state index is 12.6. The highest BCUT2D eigenvalue weighted by atomic mass is 32.2. The van der Waals surface area contributed by atoms with Gasteiger partial charge in [-0.25, -0.2) is 4.98 Å². The first-order valence-electron chi connectivity index (χ1n) is 9.06. The monoisotopic (exact) mass is 420 g/mol. The molecule has 1 aliphatic heterocycles. The minimum absolute atomic E-state index is 0.0571. The van der Waals surface area contributed by atoms with E-state index in [1.807, 2.05) is 12.1 Å². The van der Waals surface area contributed by atoms with Gasteiger partial charge in [-0.1, -0.05) is 11.8 Å². The number of halogens is 3. The summed E-state index contributed by atoms with van der Waals surface area (Å²) < 4.78 is 37.7. The summed E-state index contributed by atoms with van der Waals surface area (Å²) >= 11 is 1.14. The number of alkyl halides is 3. The Labute approximate surface area is 171 Å². The standard InChI is InChI=1S/C20H19F3N4OS/c21-20(22,23)16-4-7-18(25-13-16)29-14-19(28)27-9-1-8-26(10-11-27)17-5-2-15(12-24)3-6-17/h2-7,13H,1,8-11,14H2. The first-order valence-corrected chi connectivity index (χ1v) is 10.0. The molecule has 9 heteroatoms. The van der Waals surface area contributed by atoms with Gasteiger partial charge < -0.3 is 9.80 Å². The van der Waals surface area contributed by atoms with Crippen molar-refractivity contribution in [3.63, 3.8) is 0 Å². The SMILES string of the molecule is N#Cc1ccc(N2CCCN(C(=O)CSc3ccc(C(F)(F)F)cn3)CC2)cc1. The lowest BCUT2D eigenvalue weighted by Gasteiger charge is -2.23. The number of anilines is 1. The highest BCUT2D eigenvalue weighted by molar-refractivity contribution is 7.99. The maximum absolute atomic E-state index is 12.6. The maximum Gasteiger partial charge on any atom is 0.417 e. The van der Waals surface area contributed by atoms with Gasteiger partial charge >= 0.3 is 6.18 Å². The van der Waals surface area contributed by atoms with E-state index < -0.39 is 11.7 Å². The quantitative estimate of drug-likeness (QED) is 0.704. The first-order chi connectivity index (χ1) is 13.9. The molecule has 1 aliphatic rings. The van der Waals surface area contributed by atoms with Crippen molar-refractivity contribution in [2.75, 3.05) is 36.8 Å². The van der Waals surface area contributed by atoms with Crippen molar-refractivity contribution in [2.24, 2.45) is 0 Å². The van der Waals surface area contributed by atoms with E-state index in [1.54, 1.807) is 17.0 Å². The van der Waals surface area contributed by atoms with Gasteiger partial charge in [0.2, 0.25) is 5.91 Å². The molecular weight excluding hydrogens is 401 g/mol. The van der Waals surface area contributed by atoms with Crippen LogP contribution < -0.4 is 4.90 Å². The van der Waals surface area contributed by atoms with Crippen LogP contribution in [0.25, 0.3) is 0 Å². The molecular formula is C20H19F3N4OS. The molecule has 152 valence electrons. The molecule has 0 unspecified atom stereocenters. The third-order valence-electron chi connectivity index (χ3n) is 4.62. The Bertz CT molecular complexity index is 879. The number of nitriles is 1. The van der Waals surface area contributed by atoms with Crippen LogP contribution in [0.4, 0.5) is 18.9 Å². The molecule has 2 aromatic rings. The highest BCUT2D eigenvalue weighted by Crippen LogP contribution is 2.29. The minimum atomic E-state index is -4.42. The summed E-state index contributed by atoms with van der Waals surface area (Å²) in [4.78, 5) is 20.3. The third-order valence-corrected chi connectivity index (χ3v) is 5.55. The molecule has 0 saturated carbocycles. The fourth-order valence-corrected chi connectivity index (χ4v) is 3.78. The number of carbonyl (C=O) groups is 1. The van der Waals surface area contributed by atoms with E-state index in [2.05, 4.69) is 16.0 Å². The zero-order chi connectivity index (χ0) is 20.9. The molecule has 3 rings (SSSR count). The van der Waals surface area contributed by atoms with E-state index in [9.17, 15) is 18.0 Å². The van der Waals surface area contributed by atoms with Gasteiger partial charge in [0, 0.05) is 38.1 Å². The number of hydrogen-bond acceptors (Lipinski definition) is 5. The predicted octanol–water partition coefficient (Wildman–Crippen LogP) is 3.80. The Kier molecular flexibility index (Phi) is 6.64. The van der Waals surface area contributed by atoms with Gasteiger partial charge in [-0.2, -0.15) is 18.4 Å². The molecule has 1 saturated heterocycles. The van der Waals surface area contributed by atoms with Gasteiger partial charge in [-0.15, -0.1) is 0 Å². The summed E-state index contributed by atoms with van der Waals surface area (Å²) in [5, 5.41) is 9.29. The predicted molar refractivity (Wildman–Crippen MR) is 105 cm³/mol. The van der Waals surface area contributed by atoms with Gasteiger partial charge in [0.1, 0.15) is 0 Å². The topological polar surface area (TPSA) is 60.2 Å².